The highest BCUT2D eigenvalue weighted by Crippen LogP contribution is 2.22. The average molecular weight is 336 g/mol. The molecule has 0 radical (unpaired) electrons. The number of esters is 1. The number of ether oxygens (including phenoxy) is 1. The summed E-state index contributed by atoms with van der Waals surface area (Å²) in [6, 6.07) is 3.79. The number of carbonyl (C=O) groups is 2. The van der Waals surface area contributed by atoms with Crippen LogP contribution in [0, 0.1) is 0 Å². The lowest BCUT2D eigenvalue weighted by atomic mass is 10.2. The number of hydrogen-bond acceptors (Lipinski definition) is 5. The molecule has 0 saturated carbocycles. The Morgan fingerprint density at radius 2 is 2.05 bits per heavy atom. The Bertz CT molecular complexity index is 643. The first-order valence-electron chi connectivity index (χ1n) is 5.85. The summed E-state index contributed by atoms with van der Waals surface area (Å²) < 4.78 is 30.2. The van der Waals surface area contributed by atoms with Crippen molar-refractivity contribution < 1.29 is 27.9 Å². The van der Waals surface area contributed by atoms with Crippen molar-refractivity contribution in [3.05, 3.63) is 28.8 Å². The molecule has 0 amide bonds. The first-order chi connectivity index (χ1) is 9.75. The van der Waals surface area contributed by atoms with Crippen LogP contribution in [0.4, 0.5) is 5.69 Å². The molecule has 21 heavy (non-hydrogen) atoms. The summed E-state index contributed by atoms with van der Waals surface area (Å²) in [6.45, 7) is 0. The van der Waals surface area contributed by atoms with Crippen molar-refractivity contribution in [2.45, 2.75) is 12.8 Å². The summed E-state index contributed by atoms with van der Waals surface area (Å²) in [6.07, 6.45) is 0.0296. The third kappa shape index (κ3) is 5.60. The van der Waals surface area contributed by atoms with Gasteiger partial charge in [0.15, 0.2) is 0 Å². The minimum Gasteiger partial charge on any atom is -0.478 e. The van der Waals surface area contributed by atoms with Gasteiger partial charge in [0.1, 0.15) is 0 Å². The van der Waals surface area contributed by atoms with Crippen molar-refractivity contribution in [2.24, 2.45) is 0 Å². The Balaban J connectivity index is 2.80. The van der Waals surface area contributed by atoms with E-state index in [2.05, 4.69) is 9.46 Å². The molecular weight excluding hydrogens is 322 g/mol. The summed E-state index contributed by atoms with van der Waals surface area (Å²) in [5.74, 6) is -2.14. The van der Waals surface area contributed by atoms with E-state index in [-0.39, 0.29) is 34.9 Å². The largest absolute Gasteiger partial charge is 0.478 e. The first-order valence-corrected chi connectivity index (χ1v) is 7.88. The van der Waals surface area contributed by atoms with Crippen LogP contribution in [0.2, 0.25) is 5.02 Å². The molecule has 0 atom stereocenters. The molecule has 7 nitrogen and oxygen atoms in total. The van der Waals surface area contributed by atoms with Gasteiger partial charge in [-0.05, 0) is 24.6 Å². The fourth-order valence-corrected chi connectivity index (χ4v) is 2.82. The zero-order valence-corrected chi connectivity index (χ0v) is 12.7. The van der Waals surface area contributed by atoms with Crippen LogP contribution in [0.3, 0.4) is 0 Å². The number of anilines is 1. The number of carboxylic acids is 1. The molecule has 1 rings (SSSR count). The quantitative estimate of drug-likeness (QED) is 0.734. The normalized spacial score (nSPS) is 11.0. The van der Waals surface area contributed by atoms with Crippen LogP contribution in [0.15, 0.2) is 18.2 Å². The number of nitrogens with one attached hydrogen (secondary N) is 1. The Labute approximate surface area is 126 Å². The number of sulfonamides is 1. The molecule has 0 aliphatic rings. The van der Waals surface area contributed by atoms with Crippen LogP contribution in [0.25, 0.3) is 0 Å². The lowest BCUT2D eigenvalue weighted by Gasteiger charge is -2.10. The van der Waals surface area contributed by atoms with Gasteiger partial charge in [-0.2, -0.15) is 0 Å². The molecule has 0 unspecified atom stereocenters. The van der Waals surface area contributed by atoms with Crippen molar-refractivity contribution in [3.8, 4) is 0 Å². The predicted octanol–water partition coefficient (Wildman–Crippen LogP) is 1.73. The molecular formula is C12H14ClNO6S. The summed E-state index contributed by atoms with van der Waals surface area (Å²) in [5.41, 5.74) is -0.330. The second-order valence-electron chi connectivity index (χ2n) is 4.10. The standard InChI is InChI=1S/C12H14ClNO6S/c1-20-11(15)3-2-6-21(18,19)14-10-5-4-8(13)7-9(10)12(16)17/h4-5,7,14H,2-3,6H2,1H3,(H,16,17). The fourth-order valence-electron chi connectivity index (χ4n) is 1.51. The lowest BCUT2D eigenvalue weighted by Crippen LogP contribution is -2.19. The predicted molar refractivity (Wildman–Crippen MR) is 77.1 cm³/mol. The van der Waals surface area contributed by atoms with Gasteiger partial charge in [-0.15, -0.1) is 0 Å². The summed E-state index contributed by atoms with van der Waals surface area (Å²) >= 11 is 5.67. The van der Waals surface area contributed by atoms with E-state index in [4.69, 9.17) is 16.7 Å². The molecule has 0 bridgehead atoms. The van der Waals surface area contributed by atoms with Gasteiger partial charge in [-0.1, -0.05) is 11.6 Å². The molecule has 116 valence electrons. The number of carbonyl (C=O) groups excluding carboxylic acids is 1. The van der Waals surface area contributed by atoms with E-state index in [1.165, 1.54) is 19.2 Å². The van der Waals surface area contributed by atoms with Gasteiger partial charge >= 0.3 is 11.9 Å². The van der Waals surface area contributed by atoms with Crippen LogP contribution < -0.4 is 4.72 Å². The highest BCUT2D eigenvalue weighted by atomic mass is 35.5. The maximum Gasteiger partial charge on any atom is 0.337 e. The number of halogens is 1. The van der Waals surface area contributed by atoms with Crippen LogP contribution in [0.5, 0.6) is 0 Å². The zero-order valence-electron chi connectivity index (χ0n) is 11.1. The molecule has 0 saturated heterocycles. The summed E-state index contributed by atoms with van der Waals surface area (Å²) in [4.78, 5) is 22.0. The topological polar surface area (TPSA) is 110 Å². The Morgan fingerprint density at radius 1 is 1.38 bits per heavy atom. The van der Waals surface area contributed by atoms with Crippen molar-refractivity contribution in [3.63, 3.8) is 0 Å². The van der Waals surface area contributed by atoms with Crippen molar-refractivity contribution >= 4 is 39.3 Å². The Morgan fingerprint density at radius 3 is 2.62 bits per heavy atom. The second-order valence-corrected chi connectivity index (χ2v) is 6.37. The molecule has 0 heterocycles. The highest BCUT2D eigenvalue weighted by Gasteiger charge is 2.17. The van der Waals surface area contributed by atoms with E-state index in [0.29, 0.717) is 0 Å². The van der Waals surface area contributed by atoms with Crippen molar-refractivity contribution in [2.75, 3.05) is 17.6 Å². The molecule has 0 spiro atoms. The van der Waals surface area contributed by atoms with Gasteiger partial charge in [-0.3, -0.25) is 9.52 Å². The average Bonchev–Trinajstić information content (AvgIpc) is 2.39. The van der Waals surface area contributed by atoms with E-state index < -0.39 is 22.0 Å². The van der Waals surface area contributed by atoms with Gasteiger partial charge in [0.2, 0.25) is 10.0 Å². The van der Waals surface area contributed by atoms with Gasteiger partial charge in [0, 0.05) is 11.4 Å². The van der Waals surface area contributed by atoms with Crippen LogP contribution in [0.1, 0.15) is 23.2 Å². The zero-order chi connectivity index (χ0) is 16.0. The van der Waals surface area contributed by atoms with Crippen LogP contribution in [-0.2, 0) is 19.6 Å². The number of aromatic carboxylic acids is 1. The van der Waals surface area contributed by atoms with Gasteiger partial charge in [0.05, 0.1) is 24.1 Å². The van der Waals surface area contributed by atoms with E-state index in [0.717, 1.165) is 6.07 Å². The minimum atomic E-state index is -3.77. The third-order valence-corrected chi connectivity index (χ3v) is 4.09. The second kappa shape index (κ2) is 7.28. The van der Waals surface area contributed by atoms with E-state index in [1.54, 1.807) is 0 Å². The smallest absolute Gasteiger partial charge is 0.337 e. The van der Waals surface area contributed by atoms with Gasteiger partial charge in [0.25, 0.3) is 0 Å². The van der Waals surface area contributed by atoms with Crippen LogP contribution >= 0.6 is 11.6 Å². The number of methoxy groups -OCH3 is 1. The number of carboxylic acid groups (broad SMARTS) is 1. The van der Waals surface area contributed by atoms with E-state index >= 15 is 0 Å². The third-order valence-electron chi connectivity index (χ3n) is 2.50. The molecule has 0 fully saturated rings. The SMILES string of the molecule is COC(=O)CCCS(=O)(=O)Nc1ccc(Cl)cc1C(=O)O. The molecule has 9 heteroatoms. The summed E-state index contributed by atoms with van der Waals surface area (Å²) in [7, 11) is -2.56. The Kier molecular flexibility index (Phi) is 5.98. The molecule has 1 aromatic rings. The van der Waals surface area contributed by atoms with E-state index in [9.17, 15) is 18.0 Å². The first kappa shape index (κ1) is 17.3. The molecule has 2 N–H and O–H groups in total. The minimum absolute atomic E-state index is 0.0379. The fraction of sp³-hybridized carbons (Fsp3) is 0.333. The van der Waals surface area contributed by atoms with Gasteiger partial charge in [-0.25, -0.2) is 13.2 Å². The van der Waals surface area contributed by atoms with Crippen LogP contribution in [-0.4, -0.2) is 38.3 Å². The monoisotopic (exact) mass is 335 g/mol. The maximum atomic E-state index is 11.8. The molecule has 0 aliphatic heterocycles. The highest BCUT2D eigenvalue weighted by molar-refractivity contribution is 7.92. The maximum absolute atomic E-state index is 11.8. The molecule has 0 aromatic heterocycles. The number of rotatable bonds is 7. The van der Waals surface area contributed by atoms with Crippen molar-refractivity contribution in [1.29, 1.82) is 0 Å². The van der Waals surface area contributed by atoms with Crippen molar-refractivity contribution in [1.82, 2.24) is 0 Å². The summed E-state index contributed by atoms with van der Waals surface area (Å²) in [5, 5.41) is 9.19. The lowest BCUT2D eigenvalue weighted by molar-refractivity contribution is -0.140. The van der Waals surface area contributed by atoms with E-state index in [1.807, 2.05) is 0 Å². The number of benzene rings is 1. The number of hydrogen-bond donors (Lipinski definition) is 2. The Hall–Kier alpha value is -1.80. The molecule has 0 aliphatic carbocycles. The van der Waals surface area contributed by atoms with Gasteiger partial charge < -0.3 is 9.84 Å². The molecule has 1 aromatic carbocycles.